The molecule has 1 aromatic heterocycles. The molecule has 0 radical (unpaired) electrons. The van der Waals surface area contributed by atoms with Crippen molar-refractivity contribution in [1.29, 1.82) is 0 Å². The van der Waals surface area contributed by atoms with Crippen LogP contribution < -0.4 is 10.6 Å². The van der Waals surface area contributed by atoms with E-state index in [1.807, 2.05) is 18.2 Å². The molecule has 1 aliphatic rings. The fraction of sp³-hybridized carbons (Fsp3) is 0.579. The maximum Gasteiger partial charge on any atom is 0.191 e. The minimum absolute atomic E-state index is 0.572. The number of fused-ring (bicyclic) bond motifs is 1. The molecule has 2 aromatic rings. The number of guanidine groups is 1. The summed E-state index contributed by atoms with van der Waals surface area (Å²) in [5.41, 5.74) is 2.17. The number of likely N-dealkylation sites (tertiary alicyclic amines) is 1. The summed E-state index contributed by atoms with van der Waals surface area (Å²) in [5, 5.41) is 6.86. The summed E-state index contributed by atoms with van der Waals surface area (Å²) in [6.07, 6.45) is 2.57. The van der Waals surface area contributed by atoms with Crippen LogP contribution in [0.15, 0.2) is 29.3 Å². The predicted molar refractivity (Wildman–Crippen MR) is 104 cm³/mol. The minimum Gasteiger partial charge on any atom is -0.357 e. The molecular weight excluding hydrogens is 312 g/mol. The second-order valence-electron chi connectivity index (χ2n) is 6.58. The predicted octanol–water partition coefficient (Wildman–Crippen LogP) is 2.11. The van der Waals surface area contributed by atoms with Crippen LogP contribution in [0.5, 0.6) is 0 Å². The Morgan fingerprint density at radius 1 is 1.28 bits per heavy atom. The SMILES string of the molecule is CCNC(=NCc1nc2ccccc2n1C)NCC1CCCN1CC. The summed E-state index contributed by atoms with van der Waals surface area (Å²) in [6, 6.07) is 8.83. The van der Waals surface area contributed by atoms with Gasteiger partial charge >= 0.3 is 0 Å². The molecule has 0 saturated carbocycles. The lowest BCUT2D eigenvalue weighted by molar-refractivity contribution is 0.267. The van der Waals surface area contributed by atoms with E-state index in [-0.39, 0.29) is 0 Å². The summed E-state index contributed by atoms with van der Waals surface area (Å²) in [7, 11) is 2.05. The number of hydrogen-bond acceptors (Lipinski definition) is 3. The summed E-state index contributed by atoms with van der Waals surface area (Å²) in [5.74, 6) is 1.85. The van der Waals surface area contributed by atoms with Crippen molar-refractivity contribution < 1.29 is 0 Å². The quantitative estimate of drug-likeness (QED) is 0.624. The van der Waals surface area contributed by atoms with Gasteiger partial charge in [-0.3, -0.25) is 4.90 Å². The van der Waals surface area contributed by atoms with E-state index in [1.165, 1.54) is 19.4 Å². The topological polar surface area (TPSA) is 57.5 Å². The average molecular weight is 342 g/mol. The second kappa shape index (κ2) is 8.34. The molecule has 0 aliphatic carbocycles. The van der Waals surface area contributed by atoms with E-state index in [0.29, 0.717) is 12.6 Å². The number of rotatable bonds is 6. The number of para-hydroxylation sites is 2. The van der Waals surface area contributed by atoms with E-state index in [4.69, 9.17) is 9.98 Å². The van der Waals surface area contributed by atoms with Crippen LogP contribution in [0, 0.1) is 0 Å². The van der Waals surface area contributed by atoms with Crippen LogP contribution in [-0.4, -0.2) is 52.6 Å². The van der Waals surface area contributed by atoms with Crippen LogP contribution in [-0.2, 0) is 13.6 Å². The molecule has 0 bridgehead atoms. The summed E-state index contributed by atoms with van der Waals surface area (Å²) < 4.78 is 2.12. The van der Waals surface area contributed by atoms with Crippen molar-refractivity contribution in [3.63, 3.8) is 0 Å². The van der Waals surface area contributed by atoms with Gasteiger partial charge in [0, 0.05) is 26.2 Å². The van der Waals surface area contributed by atoms with Gasteiger partial charge in [-0.15, -0.1) is 0 Å². The summed E-state index contributed by atoms with van der Waals surface area (Å²) in [6.45, 7) is 9.06. The van der Waals surface area contributed by atoms with Gasteiger partial charge in [-0.2, -0.15) is 0 Å². The van der Waals surface area contributed by atoms with E-state index < -0.39 is 0 Å². The van der Waals surface area contributed by atoms with Crippen LogP contribution >= 0.6 is 0 Å². The third-order valence-corrected chi connectivity index (χ3v) is 5.01. The van der Waals surface area contributed by atoms with Gasteiger partial charge in [0.15, 0.2) is 5.96 Å². The average Bonchev–Trinajstić information content (AvgIpc) is 3.22. The summed E-state index contributed by atoms with van der Waals surface area (Å²) in [4.78, 5) is 12.0. The first-order valence-electron chi connectivity index (χ1n) is 9.39. The fourth-order valence-electron chi connectivity index (χ4n) is 3.59. The van der Waals surface area contributed by atoms with E-state index in [1.54, 1.807) is 0 Å². The number of benzene rings is 1. The zero-order valence-corrected chi connectivity index (χ0v) is 15.6. The van der Waals surface area contributed by atoms with Gasteiger partial charge in [0.1, 0.15) is 12.4 Å². The number of aromatic nitrogens is 2. The van der Waals surface area contributed by atoms with Crippen molar-refractivity contribution in [2.45, 2.75) is 39.3 Å². The molecule has 0 amide bonds. The molecule has 25 heavy (non-hydrogen) atoms. The zero-order chi connectivity index (χ0) is 17.6. The number of nitrogens with one attached hydrogen (secondary N) is 2. The third-order valence-electron chi connectivity index (χ3n) is 5.01. The molecule has 1 saturated heterocycles. The molecule has 1 atom stereocenters. The van der Waals surface area contributed by atoms with Crippen molar-refractivity contribution >= 4 is 17.0 Å². The van der Waals surface area contributed by atoms with Crippen LogP contribution in [0.4, 0.5) is 0 Å². The molecule has 6 heteroatoms. The molecule has 1 aromatic carbocycles. The van der Waals surface area contributed by atoms with Crippen LogP contribution in [0.1, 0.15) is 32.5 Å². The molecule has 1 fully saturated rings. The van der Waals surface area contributed by atoms with Crippen LogP contribution in [0.25, 0.3) is 11.0 Å². The van der Waals surface area contributed by atoms with Crippen molar-refractivity contribution in [1.82, 2.24) is 25.1 Å². The number of aliphatic imine (C=N–C) groups is 1. The highest BCUT2D eigenvalue weighted by atomic mass is 15.2. The summed E-state index contributed by atoms with van der Waals surface area (Å²) >= 11 is 0. The number of hydrogen-bond donors (Lipinski definition) is 2. The molecule has 6 nitrogen and oxygen atoms in total. The maximum atomic E-state index is 4.74. The highest BCUT2D eigenvalue weighted by molar-refractivity contribution is 5.80. The van der Waals surface area contributed by atoms with E-state index in [0.717, 1.165) is 42.5 Å². The third kappa shape index (κ3) is 4.12. The Morgan fingerprint density at radius 3 is 2.88 bits per heavy atom. The first-order valence-corrected chi connectivity index (χ1v) is 9.39. The van der Waals surface area contributed by atoms with E-state index in [2.05, 4.69) is 47.1 Å². The van der Waals surface area contributed by atoms with Crippen LogP contribution in [0.2, 0.25) is 0 Å². The van der Waals surface area contributed by atoms with Crippen molar-refractivity contribution in [2.75, 3.05) is 26.2 Å². The zero-order valence-electron chi connectivity index (χ0n) is 15.6. The highest BCUT2D eigenvalue weighted by Gasteiger charge is 2.22. The Kier molecular flexibility index (Phi) is 5.91. The number of aryl methyl sites for hydroxylation is 1. The van der Waals surface area contributed by atoms with Crippen LogP contribution in [0.3, 0.4) is 0 Å². The van der Waals surface area contributed by atoms with Gasteiger partial charge in [-0.05, 0) is 45.0 Å². The standard InChI is InChI=1S/C19H30N6/c1-4-20-19(21-13-15-9-8-12-25(15)5-2)22-14-18-23-16-10-6-7-11-17(16)24(18)3/h6-7,10-11,15H,4-5,8-9,12-14H2,1-3H3,(H2,20,21,22). The lowest BCUT2D eigenvalue weighted by Crippen LogP contribution is -2.44. The number of imidazole rings is 1. The largest absolute Gasteiger partial charge is 0.357 e. The number of nitrogens with zero attached hydrogens (tertiary/aromatic N) is 4. The Bertz CT molecular complexity index is 720. The van der Waals surface area contributed by atoms with Gasteiger partial charge < -0.3 is 15.2 Å². The lowest BCUT2D eigenvalue weighted by atomic mass is 10.2. The van der Waals surface area contributed by atoms with Crippen molar-refractivity contribution in [3.8, 4) is 0 Å². The minimum atomic E-state index is 0.572. The van der Waals surface area contributed by atoms with Gasteiger partial charge in [0.25, 0.3) is 0 Å². The van der Waals surface area contributed by atoms with Gasteiger partial charge in [0.05, 0.1) is 11.0 Å². The normalized spacial score (nSPS) is 18.8. The monoisotopic (exact) mass is 342 g/mol. The lowest BCUT2D eigenvalue weighted by Gasteiger charge is -2.23. The molecular formula is C19H30N6. The second-order valence-corrected chi connectivity index (χ2v) is 6.58. The molecule has 0 spiro atoms. The molecule has 136 valence electrons. The Morgan fingerprint density at radius 2 is 2.12 bits per heavy atom. The molecule has 2 heterocycles. The number of likely N-dealkylation sites (N-methyl/N-ethyl adjacent to an activating group) is 1. The molecule has 2 N–H and O–H groups in total. The Balaban J connectivity index is 1.66. The van der Waals surface area contributed by atoms with Gasteiger partial charge in [0.2, 0.25) is 0 Å². The molecule has 1 unspecified atom stereocenters. The molecule has 3 rings (SSSR count). The Labute approximate surface area is 150 Å². The Hall–Kier alpha value is -2.08. The van der Waals surface area contributed by atoms with Crippen molar-refractivity contribution in [3.05, 3.63) is 30.1 Å². The van der Waals surface area contributed by atoms with E-state index in [9.17, 15) is 0 Å². The van der Waals surface area contributed by atoms with E-state index >= 15 is 0 Å². The smallest absolute Gasteiger partial charge is 0.191 e. The van der Waals surface area contributed by atoms with Gasteiger partial charge in [-0.1, -0.05) is 19.1 Å². The maximum absolute atomic E-state index is 4.74. The fourth-order valence-corrected chi connectivity index (χ4v) is 3.59. The van der Waals surface area contributed by atoms with Crippen molar-refractivity contribution in [2.24, 2.45) is 12.0 Å². The highest BCUT2D eigenvalue weighted by Crippen LogP contribution is 2.16. The van der Waals surface area contributed by atoms with Gasteiger partial charge in [-0.25, -0.2) is 9.98 Å². The molecule has 1 aliphatic heterocycles. The first-order chi connectivity index (χ1) is 12.2. The first kappa shape index (κ1) is 17.7.